The summed E-state index contributed by atoms with van der Waals surface area (Å²) in [5.41, 5.74) is 5.59. The number of fused-ring (bicyclic) bond motifs is 3. The standard InChI is InChI=1S/C24H17ClN2/c25-17-10-12-19(13-11-17)27(18-6-2-1-3-7-18)20-14-15-24-22(16-20)21-8-4-5-9-23(21)26-24/h1-16,26H. The molecule has 27 heavy (non-hydrogen) atoms. The predicted octanol–water partition coefficient (Wildman–Crippen LogP) is 7.44. The fourth-order valence-electron chi connectivity index (χ4n) is 3.59. The first kappa shape index (κ1) is 16.0. The second-order valence-electron chi connectivity index (χ2n) is 6.55. The van der Waals surface area contributed by atoms with Gasteiger partial charge in [-0.15, -0.1) is 0 Å². The first-order valence-electron chi connectivity index (χ1n) is 8.91. The molecule has 0 atom stereocenters. The molecule has 0 aliphatic rings. The number of halogens is 1. The summed E-state index contributed by atoms with van der Waals surface area (Å²) in [5.74, 6) is 0. The van der Waals surface area contributed by atoms with Crippen LogP contribution in [0.5, 0.6) is 0 Å². The molecule has 5 aromatic rings. The van der Waals surface area contributed by atoms with Crippen LogP contribution in [0.15, 0.2) is 97.1 Å². The van der Waals surface area contributed by atoms with Crippen LogP contribution < -0.4 is 4.90 Å². The van der Waals surface area contributed by atoms with Gasteiger partial charge in [0.2, 0.25) is 0 Å². The van der Waals surface area contributed by atoms with Gasteiger partial charge >= 0.3 is 0 Å². The number of para-hydroxylation sites is 2. The molecule has 1 aromatic heterocycles. The highest BCUT2D eigenvalue weighted by atomic mass is 35.5. The molecule has 0 unspecified atom stereocenters. The zero-order valence-electron chi connectivity index (χ0n) is 14.6. The molecule has 1 N–H and O–H groups in total. The highest BCUT2D eigenvalue weighted by molar-refractivity contribution is 6.30. The van der Waals surface area contributed by atoms with E-state index >= 15 is 0 Å². The monoisotopic (exact) mass is 368 g/mol. The number of rotatable bonds is 3. The van der Waals surface area contributed by atoms with E-state index < -0.39 is 0 Å². The SMILES string of the molecule is Clc1ccc(N(c2ccccc2)c2ccc3[nH]c4ccccc4c3c2)cc1. The van der Waals surface area contributed by atoms with Gasteiger partial charge < -0.3 is 9.88 Å². The minimum atomic E-state index is 0.735. The summed E-state index contributed by atoms with van der Waals surface area (Å²) in [6.07, 6.45) is 0. The first-order chi connectivity index (χ1) is 13.3. The third-order valence-corrected chi connectivity index (χ3v) is 5.10. The quantitative estimate of drug-likeness (QED) is 0.350. The Hall–Kier alpha value is -3.23. The van der Waals surface area contributed by atoms with E-state index in [1.807, 2.05) is 18.2 Å². The second kappa shape index (κ2) is 6.49. The molecule has 2 nitrogen and oxygen atoms in total. The van der Waals surface area contributed by atoms with Gasteiger partial charge in [0.05, 0.1) is 0 Å². The molecule has 0 saturated carbocycles. The van der Waals surface area contributed by atoms with Crippen molar-refractivity contribution in [1.82, 2.24) is 4.98 Å². The van der Waals surface area contributed by atoms with Crippen molar-refractivity contribution in [3.63, 3.8) is 0 Å². The normalized spacial score (nSPS) is 11.1. The second-order valence-corrected chi connectivity index (χ2v) is 6.98. The van der Waals surface area contributed by atoms with Crippen LogP contribution in [-0.4, -0.2) is 4.98 Å². The number of nitrogens with zero attached hydrogens (tertiary/aromatic N) is 1. The van der Waals surface area contributed by atoms with Gasteiger partial charge in [0.25, 0.3) is 0 Å². The van der Waals surface area contributed by atoms with E-state index in [0.717, 1.165) is 33.1 Å². The summed E-state index contributed by atoms with van der Waals surface area (Å²) < 4.78 is 0. The lowest BCUT2D eigenvalue weighted by atomic mass is 10.1. The van der Waals surface area contributed by atoms with Crippen LogP contribution in [0.3, 0.4) is 0 Å². The molecule has 0 spiro atoms. The predicted molar refractivity (Wildman–Crippen MR) is 115 cm³/mol. The Balaban J connectivity index is 1.73. The molecule has 0 saturated heterocycles. The number of benzene rings is 4. The van der Waals surface area contributed by atoms with Gasteiger partial charge in [0, 0.05) is 43.9 Å². The average Bonchev–Trinajstić information content (AvgIpc) is 3.09. The van der Waals surface area contributed by atoms with E-state index in [1.54, 1.807) is 0 Å². The highest BCUT2D eigenvalue weighted by Crippen LogP contribution is 2.37. The molecule has 0 radical (unpaired) electrons. The lowest BCUT2D eigenvalue weighted by Gasteiger charge is -2.25. The summed E-state index contributed by atoms with van der Waals surface area (Å²) in [6, 6.07) is 33.3. The van der Waals surface area contributed by atoms with Crippen LogP contribution in [0, 0.1) is 0 Å². The topological polar surface area (TPSA) is 19.0 Å². The van der Waals surface area contributed by atoms with E-state index in [2.05, 4.69) is 88.7 Å². The zero-order valence-corrected chi connectivity index (χ0v) is 15.3. The van der Waals surface area contributed by atoms with Crippen molar-refractivity contribution in [3.05, 3.63) is 102 Å². The van der Waals surface area contributed by atoms with E-state index in [9.17, 15) is 0 Å². The molecule has 5 rings (SSSR count). The Morgan fingerprint density at radius 2 is 1.19 bits per heavy atom. The van der Waals surface area contributed by atoms with Crippen molar-refractivity contribution < 1.29 is 0 Å². The number of hydrogen-bond donors (Lipinski definition) is 1. The van der Waals surface area contributed by atoms with Crippen molar-refractivity contribution in [3.8, 4) is 0 Å². The van der Waals surface area contributed by atoms with Crippen LogP contribution in [0.2, 0.25) is 5.02 Å². The van der Waals surface area contributed by atoms with Crippen molar-refractivity contribution in [2.45, 2.75) is 0 Å². The Morgan fingerprint density at radius 3 is 2.00 bits per heavy atom. The van der Waals surface area contributed by atoms with Gasteiger partial charge in [-0.2, -0.15) is 0 Å². The van der Waals surface area contributed by atoms with Crippen LogP contribution >= 0.6 is 11.6 Å². The lowest BCUT2D eigenvalue weighted by molar-refractivity contribution is 1.29. The maximum atomic E-state index is 6.11. The molecular formula is C24H17ClN2. The van der Waals surface area contributed by atoms with Crippen LogP contribution in [0.25, 0.3) is 21.8 Å². The van der Waals surface area contributed by atoms with Gasteiger partial charge in [-0.05, 0) is 60.7 Å². The Kier molecular flexibility index (Phi) is 3.84. The molecule has 4 aromatic carbocycles. The molecule has 0 aliphatic carbocycles. The van der Waals surface area contributed by atoms with Crippen molar-refractivity contribution in [2.24, 2.45) is 0 Å². The van der Waals surface area contributed by atoms with Gasteiger partial charge in [0.1, 0.15) is 0 Å². The lowest BCUT2D eigenvalue weighted by Crippen LogP contribution is -2.09. The average molecular weight is 369 g/mol. The Labute approximate surface area is 162 Å². The highest BCUT2D eigenvalue weighted by Gasteiger charge is 2.14. The number of aromatic nitrogens is 1. The summed E-state index contributed by atoms with van der Waals surface area (Å²) in [7, 11) is 0. The minimum Gasteiger partial charge on any atom is -0.355 e. The molecule has 1 heterocycles. The number of anilines is 3. The van der Waals surface area contributed by atoms with Gasteiger partial charge in [0.15, 0.2) is 0 Å². The summed E-state index contributed by atoms with van der Waals surface area (Å²) in [4.78, 5) is 5.74. The van der Waals surface area contributed by atoms with Crippen molar-refractivity contribution >= 4 is 50.5 Å². The van der Waals surface area contributed by atoms with Crippen molar-refractivity contribution in [1.29, 1.82) is 0 Å². The molecule has 3 heteroatoms. The van der Waals surface area contributed by atoms with Crippen LogP contribution in [0.4, 0.5) is 17.1 Å². The third kappa shape index (κ3) is 2.84. The molecule has 0 aliphatic heterocycles. The number of nitrogens with one attached hydrogen (secondary N) is 1. The maximum Gasteiger partial charge on any atom is 0.0469 e. The van der Waals surface area contributed by atoms with E-state index in [4.69, 9.17) is 11.6 Å². The van der Waals surface area contributed by atoms with E-state index in [-0.39, 0.29) is 0 Å². The van der Waals surface area contributed by atoms with Crippen LogP contribution in [-0.2, 0) is 0 Å². The smallest absolute Gasteiger partial charge is 0.0469 e. The number of aromatic amines is 1. The molecule has 130 valence electrons. The van der Waals surface area contributed by atoms with Gasteiger partial charge in [-0.25, -0.2) is 0 Å². The Morgan fingerprint density at radius 1 is 0.556 bits per heavy atom. The van der Waals surface area contributed by atoms with E-state index in [0.29, 0.717) is 0 Å². The zero-order chi connectivity index (χ0) is 18.2. The van der Waals surface area contributed by atoms with Crippen molar-refractivity contribution in [2.75, 3.05) is 4.90 Å². The summed E-state index contributed by atoms with van der Waals surface area (Å²) in [6.45, 7) is 0. The minimum absolute atomic E-state index is 0.735. The molecular weight excluding hydrogens is 352 g/mol. The maximum absolute atomic E-state index is 6.11. The van der Waals surface area contributed by atoms with E-state index in [1.165, 1.54) is 10.8 Å². The van der Waals surface area contributed by atoms with Gasteiger partial charge in [-0.3, -0.25) is 0 Å². The molecule has 0 fully saturated rings. The summed E-state index contributed by atoms with van der Waals surface area (Å²) >= 11 is 6.11. The molecule has 0 bridgehead atoms. The van der Waals surface area contributed by atoms with Gasteiger partial charge in [-0.1, -0.05) is 48.0 Å². The van der Waals surface area contributed by atoms with Crippen LogP contribution in [0.1, 0.15) is 0 Å². The first-order valence-corrected chi connectivity index (χ1v) is 9.29. The number of hydrogen-bond acceptors (Lipinski definition) is 1. The summed E-state index contributed by atoms with van der Waals surface area (Å²) in [5, 5.41) is 3.19. The Bertz CT molecular complexity index is 1220. The molecule has 0 amide bonds. The largest absolute Gasteiger partial charge is 0.355 e. The fraction of sp³-hybridized carbons (Fsp3) is 0. The fourth-order valence-corrected chi connectivity index (χ4v) is 3.72. The third-order valence-electron chi connectivity index (χ3n) is 4.85. The number of H-pyrrole nitrogens is 1.